The summed E-state index contributed by atoms with van der Waals surface area (Å²) in [5, 5.41) is 36.5. The Balaban J connectivity index is 1.53. The number of hydrogen-bond donors (Lipinski definition) is 3. The van der Waals surface area contributed by atoms with Gasteiger partial charge < -0.3 is 24.8 Å². The zero-order chi connectivity index (χ0) is 28.5. The predicted molar refractivity (Wildman–Crippen MR) is 141 cm³/mol. The highest BCUT2D eigenvalue weighted by Crippen LogP contribution is 2.75. The molecule has 5 rings (SSSR count). The van der Waals surface area contributed by atoms with Crippen LogP contribution in [0.25, 0.3) is 0 Å². The zero-order valence-electron chi connectivity index (χ0n) is 23.1. The Kier molecular flexibility index (Phi) is 6.48. The molecule has 8 nitrogen and oxygen atoms in total. The Morgan fingerprint density at radius 2 is 1.74 bits per heavy atom. The van der Waals surface area contributed by atoms with Gasteiger partial charge >= 0.3 is 11.9 Å². The molecule has 0 heterocycles. The SMILES string of the molecule is CC(=O)OCC1=C[C@H]2[C@@H]3C(C)(C)[C@]3(O)[C@H](OC(=O)CCc3ccccc3)[C@@H](C)[C@]2(O)[C@@H]2C=C(C)C(=O)[C@@]2(O)C1. The molecule has 0 radical (unpaired) electrons. The number of fused-ring (bicyclic) bond motifs is 5. The van der Waals surface area contributed by atoms with E-state index >= 15 is 0 Å². The van der Waals surface area contributed by atoms with E-state index in [1.807, 2.05) is 44.2 Å². The summed E-state index contributed by atoms with van der Waals surface area (Å²) < 4.78 is 11.2. The third kappa shape index (κ3) is 3.94. The van der Waals surface area contributed by atoms with E-state index in [1.165, 1.54) is 6.92 Å². The first-order valence-corrected chi connectivity index (χ1v) is 13.7. The van der Waals surface area contributed by atoms with Crippen LogP contribution in [0.4, 0.5) is 0 Å². The number of ketones is 1. The second kappa shape index (κ2) is 9.11. The number of rotatable bonds is 6. The van der Waals surface area contributed by atoms with Crippen LogP contribution in [-0.2, 0) is 30.3 Å². The van der Waals surface area contributed by atoms with Crippen LogP contribution in [0.1, 0.15) is 53.0 Å². The third-order valence-electron chi connectivity index (χ3n) is 9.98. The van der Waals surface area contributed by atoms with Crippen molar-refractivity contribution in [2.24, 2.45) is 29.1 Å². The van der Waals surface area contributed by atoms with Crippen LogP contribution < -0.4 is 0 Å². The Labute approximate surface area is 228 Å². The molecule has 8 atom stereocenters. The molecule has 4 aliphatic rings. The average Bonchev–Trinajstić information content (AvgIpc) is 3.28. The summed E-state index contributed by atoms with van der Waals surface area (Å²) in [6.07, 6.45) is 2.79. The second-order valence-corrected chi connectivity index (χ2v) is 12.5. The maximum atomic E-state index is 13.3. The van der Waals surface area contributed by atoms with Crippen molar-refractivity contribution in [2.75, 3.05) is 6.61 Å². The number of carbonyl (C=O) groups is 3. The number of esters is 2. The van der Waals surface area contributed by atoms with Gasteiger partial charge in [0.1, 0.15) is 23.9 Å². The Bertz CT molecular complexity index is 1260. The lowest BCUT2D eigenvalue weighted by Gasteiger charge is -2.52. The van der Waals surface area contributed by atoms with Gasteiger partial charge in [0.25, 0.3) is 0 Å². The van der Waals surface area contributed by atoms with Crippen LogP contribution in [0, 0.1) is 29.1 Å². The van der Waals surface area contributed by atoms with E-state index in [1.54, 1.807) is 26.0 Å². The Morgan fingerprint density at radius 1 is 1.08 bits per heavy atom. The molecular formula is C31H38O8. The van der Waals surface area contributed by atoms with Crippen molar-refractivity contribution in [2.45, 2.75) is 76.8 Å². The molecule has 8 heteroatoms. The van der Waals surface area contributed by atoms with E-state index in [2.05, 4.69) is 0 Å². The van der Waals surface area contributed by atoms with E-state index in [4.69, 9.17) is 9.47 Å². The number of aliphatic hydroxyl groups is 3. The molecule has 0 unspecified atom stereocenters. The smallest absolute Gasteiger partial charge is 0.306 e. The standard InChI is InChI=1S/C31H38O8/c1-17-13-23-29(35,26(17)34)15-21(16-38-19(3)32)14-22-25-28(4,5)31(25,37)27(18(2)30(22,23)36)39-24(33)12-11-20-9-7-6-8-10-20/h6-10,13-14,18,22-23,25,27,35-37H,11-12,15-16H2,1-5H3/t18-,22+,23-,25-,27-,29-,30-,31-/m1/s1. The summed E-state index contributed by atoms with van der Waals surface area (Å²) in [5.41, 5.74) is -4.03. The maximum absolute atomic E-state index is 13.3. The summed E-state index contributed by atoms with van der Waals surface area (Å²) in [4.78, 5) is 38.0. The van der Waals surface area contributed by atoms with Gasteiger partial charge in [-0.15, -0.1) is 0 Å². The molecule has 210 valence electrons. The summed E-state index contributed by atoms with van der Waals surface area (Å²) in [7, 11) is 0. The lowest BCUT2D eigenvalue weighted by molar-refractivity contribution is -0.221. The number of carbonyl (C=O) groups excluding carboxylic acids is 3. The number of Topliss-reactive ketones (excluding diaryl/α,β-unsaturated/α-hetero) is 1. The molecule has 39 heavy (non-hydrogen) atoms. The quantitative estimate of drug-likeness (QED) is 0.372. The maximum Gasteiger partial charge on any atom is 0.306 e. The third-order valence-corrected chi connectivity index (χ3v) is 9.98. The summed E-state index contributed by atoms with van der Waals surface area (Å²) in [6, 6.07) is 9.55. The fourth-order valence-corrected chi connectivity index (χ4v) is 7.88. The van der Waals surface area contributed by atoms with Gasteiger partial charge in [-0.05, 0) is 30.1 Å². The van der Waals surface area contributed by atoms with Gasteiger partial charge in [0, 0.05) is 48.9 Å². The molecule has 1 aromatic rings. The van der Waals surface area contributed by atoms with Gasteiger partial charge in [0.05, 0.1) is 5.60 Å². The van der Waals surface area contributed by atoms with Crippen molar-refractivity contribution in [1.29, 1.82) is 0 Å². The fraction of sp³-hybridized carbons (Fsp3) is 0.581. The molecule has 3 N–H and O–H groups in total. The molecule has 1 aromatic carbocycles. The summed E-state index contributed by atoms with van der Waals surface area (Å²) >= 11 is 0. The lowest BCUT2D eigenvalue weighted by atomic mass is 9.59. The molecule has 0 aromatic heterocycles. The predicted octanol–water partition coefficient (Wildman–Crippen LogP) is 2.68. The van der Waals surface area contributed by atoms with Crippen LogP contribution in [0.2, 0.25) is 0 Å². The molecular weight excluding hydrogens is 500 g/mol. The lowest BCUT2D eigenvalue weighted by Crippen LogP contribution is -2.65. The minimum absolute atomic E-state index is 0.105. The molecule has 0 spiro atoms. The topological polar surface area (TPSA) is 130 Å². The van der Waals surface area contributed by atoms with Crippen molar-refractivity contribution in [3.8, 4) is 0 Å². The minimum atomic E-state index is -1.95. The van der Waals surface area contributed by atoms with E-state index in [-0.39, 0.29) is 19.4 Å². The summed E-state index contributed by atoms with van der Waals surface area (Å²) in [5.74, 6) is -4.54. The van der Waals surface area contributed by atoms with Gasteiger partial charge in [-0.2, -0.15) is 0 Å². The molecule has 0 bridgehead atoms. The van der Waals surface area contributed by atoms with E-state index < -0.39 is 69.7 Å². The first-order chi connectivity index (χ1) is 18.2. The van der Waals surface area contributed by atoms with Gasteiger partial charge in [-0.3, -0.25) is 14.4 Å². The highest BCUT2D eigenvalue weighted by Gasteiger charge is 2.85. The monoisotopic (exact) mass is 538 g/mol. The van der Waals surface area contributed by atoms with Crippen molar-refractivity contribution in [1.82, 2.24) is 0 Å². The normalized spacial score (nSPS) is 39.8. The van der Waals surface area contributed by atoms with E-state index in [0.717, 1.165) is 5.56 Å². The van der Waals surface area contributed by atoms with Crippen LogP contribution in [0.15, 0.2) is 53.6 Å². The Hall–Kier alpha value is -2.81. The molecule has 2 fully saturated rings. The van der Waals surface area contributed by atoms with Crippen molar-refractivity contribution in [3.05, 3.63) is 59.2 Å². The highest BCUT2D eigenvalue weighted by molar-refractivity contribution is 6.04. The van der Waals surface area contributed by atoms with Gasteiger partial charge in [0.15, 0.2) is 5.78 Å². The molecule has 0 amide bonds. The van der Waals surface area contributed by atoms with E-state index in [0.29, 0.717) is 17.6 Å². The van der Waals surface area contributed by atoms with Gasteiger partial charge in [-0.25, -0.2) is 0 Å². The van der Waals surface area contributed by atoms with Gasteiger partial charge in [0.2, 0.25) is 0 Å². The van der Waals surface area contributed by atoms with Crippen molar-refractivity contribution in [3.63, 3.8) is 0 Å². The van der Waals surface area contributed by atoms with Crippen LogP contribution in [0.3, 0.4) is 0 Å². The number of benzene rings is 1. The van der Waals surface area contributed by atoms with Crippen molar-refractivity contribution < 1.29 is 39.2 Å². The minimum Gasteiger partial charge on any atom is -0.461 e. The van der Waals surface area contributed by atoms with Crippen LogP contribution >= 0.6 is 0 Å². The fourth-order valence-electron chi connectivity index (χ4n) is 7.88. The second-order valence-electron chi connectivity index (χ2n) is 12.5. The van der Waals surface area contributed by atoms with Crippen LogP contribution in [-0.4, -0.2) is 62.6 Å². The zero-order valence-corrected chi connectivity index (χ0v) is 23.1. The molecule has 0 saturated heterocycles. The van der Waals surface area contributed by atoms with E-state index in [9.17, 15) is 29.7 Å². The molecule has 4 aliphatic carbocycles. The number of ether oxygens (including phenoxy) is 2. The largest absolute Gasteiger partial charge is 0.461 e. The van der Waals surface area contributed by atoms with Gasteiger partial charge in [-0.1, -0.05) is 63.3 Å². The average molecular weight is 539 g/mol. The molecule has 2 saturated carbocycles. The number of hydrogen-bond acceptors (Lipinski definition) is 8. The Morgan fingerprint density at radius 3 is 2.38 bits per heavy atom. The first-order valence-electron chi connectivity index (χ1n) is 13.7. The molecule has 0 aliphatic heterocycles. The number of aryl methyl sites for hydroxylation is 1. The first kappa shape index (κ1) is 27.7. The summed E-state index contributed by atoms with van der Waals surface area (Å²) in [6.45, 7) is 8.20. The van der Waals surface area contributed by atoms with Crippen molar-refractivity contribution >= 4 is 17.7 Å². The van der Waals surface area contributed by atoms with Crippen LogP contribution in [0.5, 0.6) is 0 Å². The highest BCUT2D eigenvalue weighted by atomic mass is 16.6.